The Bertz CT molecular complexity index is 3860. The maximum absolute atomic E-state index is 15.4. The van der Waals surface area contributed by atoms with Gasteiger partial charge in [-0.15, -0.1) is 0 Å². The first-order chi connectivity index (χ1) is 42.7. The number of aliphatic hydroxyl groups is 1. The lowest BCUT2D eigenvalue weighted by Gasteiger charge is -2.38. The Morgan fingerprint density at radius 3 is 2.44 bits per heavy atom. The van der Waals surface area contributed by atoms with Crippen LogP contribution in [0, 0.1) is 17.3 Å². The highest BCUT2D eigenvalue weighted by Crippen LogP contribution is 2.49. The number of allylic oxidation sites excluding steroid dienone is 6. The van der Waals surface area contributed by atoms with Crippen LogP contribution in [0.4, 0.5) is 5.69 Å². The standard InChI is InChI=1S/C74H80N4O10/c1-46-13-10-11-27-74(46)28-24-59(87-47(2)79)39-58(82)41-66(53-36-69(85)73(70(37-53)86-3)88-60-33-49(32-57(81)40-60)31-48-14-6-4-7-15-48)78-45-63-64(21-20-61-68(84)23-22-65(78)72(61)63)77(30-26-67(83)50-16-8-5-9-17-50)71-38-52(25-29-76-71)62(51-18-12-19-56(80)34-51)35-54-43-75-44-55(54)42-74/h4,6-7,10-15,18-21,25,27,32-34,36-38,40,43-46,50,59,62,66,68,75-76,80-81,84-85H,5,8-9,16-17,22-24,26,28-31,35,39,41-42H2,1-3H3/t46-,59+,62+,66+,68+,74-/m0/s1. The molecule has 0 unspecified atom stereocenters. The first-order valence-corrected chi connectivity index (χ1v) is 31.4. The number of methoxy groups -OCH3 is 1. The van der Waals surface area contributed by atoms with E-state index in [-0.39, 0.29) is 76.7 Å². The maximum atomic E-state index is 15.4. The highest BCUT2D eigenvalue weighted by Gasteiger charge is 2.38. The molecule has 4 bridgehead atoms. The Morgan fingerprint density at radius 2 is 1.65 bits per heavy atom. The van der Waals surface area contributed by atoms with Crippen LogP contribution in [0.25, 0.3) is 10.8 Å². The zero-order chi connectivity index (χ0) is 61.1. The number of nitrogens with zero attached hydrogens (tertiary/aromatic N) is 2. The van der Waals surface area contributed by atoms with Gasteiger partial charge < -0.3 is 54.4 Å². The molecule has 1 fully saturated rings. The van der Waals surface area contributed by atoms with Gasteiger partial charge in [-0.2, -0.15) is 0 Å². The zero-order valence-electron chi connectivity index (χ0n) is 50.6. The van der Waals surface area contributed by atoms with E-state index in [1.165, 1.54) is 20.1 Å². The predicted octanol–water partition coefficient (Wildman–Crippen LogP) is 14.2. The summed E-state index contributed by atoms with van der Waals surface area (Å²) in [6.07, 6.45) is 26.6. The van der Waals surface area contributed by atoms with Crippen LogP contribution in [-0.2, 0) is 44.8 Å². The van der Waals surface area contributed by atoms with Crippen molar-refractivity contribution in [2.75, 3.05) is 25.1 Å². The van der Waals surface area contributed by atoms with E-state index in [1.807, 2.05) is 60.7 Å². The topological polar surface area (TPSA) is 196 Å². The summed E-state index contributed by atoms with van der Waals surface area (Å²) >= 11 is 0. The molecule has 14 nitrogen and oxygen atoms in total. The summed E-state index contributed by atoms with van der Waals surface area (Å²) in [4.78, 5) is 48.6. The van der Waals surface area contributed by atoms with Crippen molar-refractivity contribution in [2.24, 2.45) is 17.3 Å². The van der Waals surface area contributed by atoms with Gasteiger partial charge in [-0.05, 0) is 162 Å². The molecule has 0 amide bonds. The molecule has 5 aliphatic rings. The number of aromatic amines is 1. The highest BCUT2D eigenvalue weighted by molar-refractivity contribution is 6.00. The molecular weight excluding hydrogens is 1100 g/mol. The molecule has 5 aromatic carbocycles. The summed E-state index contributed by atoms with van der Waals surface area (Å²) in [5.41, 5.74) is 8.69. The van der Waals surface area contributed by atoms with Crippen molar-refractivity contribution in [1.29, 1.82) is 0 Å². The minimum absolute atomic E-state index is 0.0000366. The molecule has 1 saturated carbocycles. The number of dihydropyridines is 1. The third kappa shape index (κ3) is 12.8. The van der Waals surface area contributed by atoms with Crippen LogP contribution >= 0.6 is 0 Å². The number of esters is 1. The number of phenolic OH excluding ortho intramolecular Hbond substituents is 3. The van der Waals surface area contributed by atoms with Crippen LogP contribution in [0.15, 0.2) is 164 Å². The molecule has 4 heterocycles. The van der Waals surface area contributed by atoms with E-state index >= 15 is 4.79 Å². The lowest BCUT2D eigenvalue weighted by molar-refractivity contribution is -0.148. The maximum Gasteiger partial charge on any atom is 0.302 e. The molecule has 1 spiro atoms. The molecule has 456 valence electrons. The number of Topliss-reactive ketones (excluding diaryl/α,β-unsaturated/α-hetero) is 2. The minimum atomic E-state index is -0.779. The van der Waals surface area contributed by atoms with Crippen molar-refractivity contribution in [1.82, 2.24) is 14.9 Å². The lowest BCUT2D eigenvalue weighted by Crippen LogP contribution is -2.36. The number of aryl methyl sites for hydroxylation is 1. The van der Waals surface area contributed by atoms with E-state index in [1.54, 1.807) is 24.3 Å². The summed E-state index contributed by atoms with van der Waals surface area (Å²) in [7, 11) is 1.49. The first kappa shape index (κ1) is 59.6. The number of hydrogen-bond acceptors (Lipinski definition) is 12. The number of ketones is 2. The van der Waals surface area contributed by atoms with Gasteiger partial charge in [0.25, 0.3) is 0 Å². The number of anilines is 1. The molecule has 0 saturated heterocycles. The van der Waals surface area contributed by atoms with Crippen LogP contribution in [0.3, 0.4) is 0 Å². The van der Waals surface area contributed by atoms with Crippen molar-refractivity contribution in [3.8, 4) is 34.5 Å². The Kier molecular flexibility index (Phi) is 17.5. The predicted molar refractivity (Wildman–Crippen MR) is 341 cm³/mol. The van der Waals surface area contributed by atoms with E-state index in [9.17, 15) is 30.0 Å². The number of fused-ring (bicyclic) bond motifs is 4. The molecule has 14 heteroatoms. The number of ether oxygens (including phenoxy) is 3. The quantitative estimate of drug-likeness (QED) is 0.0635. The number of aromatic hydroxyl groups is 3. The van der Waals surface area contributed by atoms with E-state index in [0.29, 0.717) is 70.0 Å². The van der Waals surface area contributed by atoms with E-state index in [4.69, 9.17) is 14.2 Å². The number of carbonyl (C=O) groups is 3. The van der Waals surface area contributed by atoms with E-state index in [0.717, 1.165) is 99.0 Å². The van der Waals surface area contributed by atoms with Crippen molar-refractivity contribution in [3.05, 3.63) is 208 Å². The molecule has 12 rings (SSSR count). The van der Waals surface area contributed by atoms with Gasteiger partial charge in [0.15, 0.2) is 11.5 Å². The van der Waals surface area contributed by atoms with Gasteiger partial charge in [-0.25, -0.2) is 0 Å². The Labute approximate surface area is 514 Å². The largest absolute Gasteiger partial charge is 0.508 e. The van der Waals surface area contributed by atoms with Crippen molar-refractivity contribution in [3.63, 3.8) is 0 Å². The van der Waals surface area contributed by atoms with Gasteiger partial charge in [0.2, 0.25) is 5.75 Å². The molecule has 88 heavy (non-hydrogen) atoms. The second-order valence-corrected chi connectivity index (χ2v) is 25.0. The van der Waals surface area contributed by atoms with Crippen molar-refractivity contribution < 1.29 is 49.0 Å². The monoisotopic (exact) mass is 1180 g/mol. The zero-order valence-corrected chi connectivity index (χ0v) is 50.6. The summed E-state index contributed by atoms with van der Waals surface area (Å²) in [5.74, 6) is 0.684. The van der Waals surface area contributed by atoms with Crippen LogP contribution in [0.1, 0.15) is 147 Å². The molecule has 2 aromatic heterocycles. The normalized spacial score (nSPS) is 22.5. The minimum Gasteiger partial charge on any atom is -0.508 e. The fourth-order valence-corrected chi connectivity index (χ4v) is 14.7. The Morgan fingerprint density at radius 1 is 0.818 bits per heavy atom. The molecule has 2 aliphatic heterocycles. The molecule has 3 aliphatic carbocycles. The van der Waals surface area contributed by atoms with Crippen LogP contribution in [0.2, 0.25) is 0 Å². The molecular formula is C74H80N4O10. The number of nitrogens with one attached hydrogen (secondary N) is 2. The number of benzene rings is 5. The smallest absolute Gasteiger partial charge is 0.302 e. The number of phenols is 3. The van der Waals surface area contributed by atoms with Crippen LogP contribution in [-0.4, -0.2) is 73.8 Å². The van der Waals surface area contributed by atoms with Crippen LogP contribution in [0.5, 0.6) is 34.5 Å². The SMILES string of the molecule is COc1cc([C@H]2CC(=O)C[C@H](OC(C)=O)CC[C@@]3(C=CC=C[C@@H]3C)Cc3c[nH]cc3C[C@H](c3cccc(O)c3)C3=CCNC(=C3)N(CCC(=O)C3CCCCC3)c3ccc4c5c(n2cc35)CC[C@H]4O)cc(O)c1Oc1cc(O)cc(Cc2ccccc2)c1. The van der Waals surface area contributed by atoms with E-state index in [2.05, 4.69) is 87.8 Å². The van der Waals surface area contributed by atoms with Gasteiger partial charge in [0.1, 0.15) is 40.7 Å². The fourth-order valence-electron chi connectivity index (χ4n) is 14.7. The average Bonchev–Trinajstić information content (AvgIpc) is 1.63. The number of hydrogen-bond donors (Lipinski definition) is 6. The third-order valence-electron chi connectivity index (χ3n) is 19.2. The van der Waals surface area contributed by atoms with Crippen LogP contribution < -0.4 is 19.7 Å². The van der Waals surface area contributed by atoms with Crippen molar-refractivity contribution >= 4 is 34.0 Å². The second-order valence-electron chi connectivity index (χ2n) is 25.0. The van der Waals surface area contributed by atoms with Crippen molar-refractivity contribution in [2.45, 2.75) is 134 Å². The van der Waals surface area contributed by atoms with Gasteiger partial charge >= 0.3 is 5.97 Å². The molecule has 0 radical (unpaired) electrons. The van der Waals surface area contributed by atoms with Gasteiger partial charge in [0.05, 0.1) is 24.9 Å². The fraction of sp³-hybridized carbons (Fsp3) is 0.365. The molecule has 7 aromatic rings. The number of rotatable bonds is 12. The second kappa shape index (κ2) is 25.9. The lowest BCUT2D eigenvalue weighted by atomic mass is 9.66. The number of carbonyl (C=O) groups excluding carboxylic acids is 3. The number of H-pyrrole nitrogens is 1. The summed E-state index contributed by atoms with van der Waals surface area (Å²) in [6, 6.07) is 29.0. The van der Waals surface area contributed by atoms with Gasteiger partial charge in [0, 0.05) is 92.2 Å². The molecule has 6 atom stereocenters. The van der Waals surface area contributed by atoms with Gasteiger partial charge in [-0.1, -0.05) is 105 Å². The average molecular weight is 1190 g/mol. The molecule has 6 N–H and O–H groups in total. The number of aliphatic hydroxyl groups excluding tert-OH is 1. The third-order valence-corrected chi connectivity index (χ3v) is 19.2. The first-order valence-electron chi connectivity index (χ1n) is 31.4. The Hall–Kier alpha value is -8.75. The summed E-state index contributed by atoms with van der Waals surface area (Å²) in [5, 5.41) is 51.6. The number of aromatic nitrogens is 2. The van der Waals surface area contributed by atoms with E-state index < -0.39 is 29.6 Å². The highest BCUT2D eigenvalue weighted by atomic mass is 16.5. The summed E-state index contributed by atoms with van der Waals surface area (Å²) < 4.78 is 20.8. The summed E-state index contributed by atoms with van der Waals surface area (Å²) in [6.45, 7) is 4.45. The van der Waals surface area contributed by atoms with Gasteiger partial charge in [-0.3, -0.25) is 14.4 Å². The Balaban J connectivity index is 1.02.